The van der Waals surface area contributed by atoms with Gasteiger partial charge in [-0.15, -0.1) is 0 Å². The second-order valence-corrected chi connectivity index (χ2v) is 7.74. The first-order valence-corrected chi connectivity index (χ1v) is 10.4. The van der Waals surface area contributed by atoms with Crippen LogP contribution >= 0.6 is 23.4 Å². The first-order chi connectivity index (χ1) is 14.5. The highest BCUT2D eigenvalue weighted by atomic mass is 35.5. The summed E-state index contributed by atoms with van der Waals surface area (Å²) in [5.41, 5.74) is 0.00518. The van der Waals surface area contributed by atoms with Crippen molar-refractivity contribution in [1.82, 2.24) is 9.55 Å². The van der Waals surface area contributed by atoms with Crippen LogP contribution in [0.25, 0.3) is 16.6 Å². The highest BCUT2D eigenvalue weighted by Gasteiger charge is 2.16. The van der Waals surface area contributed by atoms with E-state index in [0.717, 1.165) is 16.7 Å². The molecule has 0 saturated heterocycles. The van der Waals surface area contributed by atoms with Crippen LogP contribution in [0.4, 0.5) is 8.78 Å². The number of benzene rings is 3. The third-order valence-electron chi connectivity index (χ3n) is 4.30. The van der Waals surface area contributed by atoms with Crippen molar-refractivity contribution < 1.29 is 13.5 Å². The zero-order valence-electron chi connectivity index (χ0n) is 15.5. The average molecular weight is 445 g/mol. The van der Waals surface area contributed by atoms with Gasteiger partial charge >= 0.3 is 0 Å². The highest BCUT2D eigenvalue weighted by molar-refractivity contribution is 7.99. The van der Waals surface area contributed by atoms with E-state index in [4.69, 9.17) is 16.3 Å². The fourth-order valence-electron chi connectivity index (χ4n) is 2.93. The predicted molar refractivity (Wildman–Crippen MR) is 115 cm³/mol. The average Bonchev–Trinajstić information content (AvgIpc) is 2.73. The maximum atomic E-state index is 14.5. The van der Waals surface area contributed by atoms with Crippen molar-refractivity contribution in [2.24, 2.45) is 0 Å². The molecule has 0 aliphatic heterocycles. The number of fused-ring (bicyclic) bond motifs is 1. The minimum atomic E-state index is -0.844. The molecule has 0 aliphatic rings. The second kappa shape index (κ2) is 8.85. The molecule has 0 bridgehead atoms. The highest BCUT2D eigenvalue weighted by Crippen LogP contribution is 2.25. The Morgan fingerprint density at radius 3 is 2.60 bits per heavy atom. The molecule has 0 spiro atoms. The maximum Gasteiger partial charge on any atom is 0.266 e. The van der Waals surface area contributed by atoms with Gasteiger partial charge in [-0.25, -0.2) is 13.8 Å². The van der Waals surface area contributed by atoms with Crippen LogP contribution in [0.1, 0.15) is 0 Å². The summed E-state index contributed by atoms with van der Waals surface area (Å²) >= 11 is 7.31. The smallest absolute Gasteiger partial charge is 0.266 e. The number of thioether (sulfide) groups is 1. The Morgan fingerprint density at radius 1 is 1.03 bits per heavy atom. The summed E-state index contributed by atoms with van der Waals surface area (Å²) in [6.45, 7) is 0.295. The lowest BCUT2D eigenvalue weighted by molar-refractivity contribution is 0.344. The van der Waals surface area contributed by atoms with E-state index in [9.17, 15) is 13.6 Å². The quantitative estimate of drug-likeness (QED) is 0.224. The molecule has 4 nitrogen and oxygen atoms in total. The Morgan fingerprint density at radius 2 is 1.80 bits per heavy atom. The molecule has 0 N–H and O–H groups in total. The van der Waals surface area contributed by atoms with Gasteiger partial charge in [0.05, 0.1) is 28.2 Å². The fourth-order valence-corrected chi connectivity index (χ4v) is 3.94. The standard InChI is InChI=1S/C22H15ClF2N2O2S/c23-16-6-2-4-8-20(16)29-11-12-30-22-26-18-7-3-1-5-15(18)21(28)27(22)19-10-9-14(24)13-17(19)25/h1-10,13H,11-12H2. The van der Waals surface area contributed by atoms with E-state index in [0.29, 0.717) is 34.0 Å². The lowest BCUT2D eigenvalue weighted by atomic mass is 10.2. The summed E-state index contributed by atoms with van der Waals surface area (Å²) in [5, 5.41) is 1.13. The monoisotopic (exact) mass is 444 g/mol. The number of nitrogens with zero attached hydrogens (tertiary/aromatic N) is 2. The van der Waals surface area contributed by atoms with Crippen molar-refractivity contribution in [1.29, 1.82) is 0 Å². The van der Waals surface area contributed by atoms with E-state index in [1.165, 1.54) is 17.8 Å². The van der Waals surface area contributed by atoms with Gasteiger partial charge in [-0.3, -0.25) is 9.36 Å². The number of aromatic nitrogens is 2. The van der Waals surface area contributed by atoms with Gasteiger partial charge in [0.25, 0.3) is 5.56 Å². The van der Waals surface area contributed by atoms with Crippen LogP contribution < -0.4 is 10.3 Å². The molecule has 0 fully saturated rings. The molecule has 152 valence electrons. The van der Waals surface area contributed by atoms with Crippen LogP contribution in [0.2, 0.25) is 5.02 Å². The molecular weight excluding hydrogens is 430 g/mol. The van der Waals surface area contributed by atoms with Gasteiger partial charge in [-0.1, -0.05) is 47.6 Å². The Bertz CT molecular complexity index is 1280. The lowest BCUT2D eigenvalue weighted by Gasteiger charge is -2.14. The molecule has 3 aromatic carbocycles. The van der Waals surface area contributed by atoms with Crippen molar-refractivity contribution in [3.8, 4) is 11.4 Å². The summed E-state index contributed by atoms with van der Waals surface area (Å²) < 4.78 is 34.7. The Balaban J connectivity index is 1.67. The second-order valence-electron chi connectivity index (χ2n) is 6.28. The third kappa shape index (κ3) is 4.17. The topological polar surface area (TPSA) is 44.1 Å². The summed E-state index contributed by atoms with van der Waals surface area (Å²) in [6, 6.07) is 17.0. The number of ether oxygens (including phenoxy) is 1. The molecule has 8 heteroatoms. The van der Waals surface area contributed by atoms with Gasteiger partial charge in [0.2, 0.25) is 0 Å². The van der Waals surface area contributed by atoms with Crippen molar-refractivity contribution >= 4 is 34.3 Å². The van der Waals surface area contributed by atoms with E-state index in [1.807, 2.05) is 6.07 Å². The van der Waals surface area contributed by atoms with Gasteiger partial charge in [-0.05, 0) is 36.4 Å². The number of halogens is 3. The van der Waals surface area contributed by atoms with Gasteiger partial charge in [0.15, 0.2) is 5.16 Å². The van der Waals surface area contributed by atoms with E-state index < -0.39 is 17.2 Å². The minimum absolute atomic E-state index is 0.0609. The first kappa shape index (κ1) is 20.4. The van der Waals surface area contributed by atoms with E-state index in [-0.39, 0.29) is 10.8 Å². The number of para-hydroxylation sites is 2. The van der Waals surface area contributed by atoms with Crippen molar-refractivity contribution in [2.75, 3.05) is 12.4 Å². The summed E-state index contributed by atoms with van der Waals surface area (Å²) in [6.07, 6.45) is 0. The van der Waals surface area contributed by atoms with Crippen LogP contribution in [0.5, 0.6) is 5.75 Å². The third-order valence-corrected chi connectivity index (χ3v) is 5.52. The number of rotatable bonds is 6. The molecule has 0 atom stereocenters. The maximum absolute atomic E-state index is 14.5. The normalized spacial score (nSPS) is 11.0. The molecule has 1 aromatic heterocycles. The molecule has 1 heterocycles. The molecular formula is C22H15ClF2N2O2S. The fraction of sp³-hybridized carbons (Fsp3) is 0.0909. The van der Waals surface area contributed by atoms with Crippen LogP contribution in [-0.2, 0) is 0 Å². The molecule has 30 heavy (non-hydrogen) atoms. The van der Waals surface area contributed by atoms with Crippen molar-refractivity contribution in [3.05, 3.63) is 93.7 Å². The molecule has 4 rings (SSSR count). The number of hydrogen-bond acceptors (Lipinski definition) is 4. The van der Waals surface area contributed by atoms with Crippen LogP contribution in [0.3, 0.4) is 0 Å². The minimum Gasteiger partial charge on any atom is -0.491 e. The van der Waals surface area contributed by atoms with Gasteiger partial charge in [0, 0.05) is 11.8 Å². The van der Waals surface area contributed by atoms with Crippen LogP contribution in [-0.4, -0.2) is 21.9 Å². The SMILES string of the molecule is O=c1c2ccccc2nc(SCCOc2ccccc2Cl)n1-c1ccc(F)cc1F. The molecule has 0 aliphatic carbocycles. The Kier molecular flexibility index (Phi) is 6.01. The first-order valence-electron chi connectivity index (χ1n) is 9.02. The van der Waals surface area contributed by atoms with Gasteiger partial charge in [0.1, 0.15) is 17.4 Å². The molecule has 0 saturated carbocycles. The van der Waals surface area contributed by atoms with Crippen LogP contribution in [0.15, 0.2) is 76.7 Å². The molecule has 0 unspecified atom stereocenters. The zero-order valence-corrected chi connectivity index (χ0v) is 17.1. The summed E-state index contributed by atoms with van der Waals surface area (Å²) in [5.74, 6) is -0.587. The summed E-state index contributed by atoms with van der Waals surface area (Å²) in [7, 11) is 0. The molecule has 0 radical (unpaired) electrons. The summed E-state index contributed by atoms with van der Waals surface area (Å²) in [4.78, 5) is 17.6. The van der Waals surface area contributed by atoms with E-state index >= 15 is 0 Å². The molecule has 0 amide bonds. The van der Waals surface area contributed by atoms with Gasteiger partial charge < -0.3 is 4.74 Å². The number of hydrogen-bond donors (Lipinski definition) is 0. The van der Waals surface area contributed by atoms with E-state index in [2.05, 4.69) is 4.98 Å². The molecule has 4 aromatic rings. The van der Waals surface area contributed by atoms with E-state index in [1.54, 1.807) is 42.5 Å². The predicted octanol–water partition coefficient (Wildman–Crippen LogP) is 5.49. The zero-order chi connectivity index (χ0) is 21.1. The lowest BCUT2D eigenvalue weighted by Crippen LogP contribution is -2.23. The Hall–Kier alpha value is -2.90. The largest absolute Gasteiger partial charge is 0.491 e. The van der Waals surface area contributed by atoms with Gasteiger partial charge in [-0.2, -0.15) is 0 Å². The van der Waals surface area contributed by atoms with Crippen molar-refractivity contribution in [2.45, 2.75) is 5.16 Å². The van der Waals surface area contributed by atoms with Crippen molar-refractivity contribution in [3.63, 3.8) is 0 Å². The van der Waals surface area contributed by atoms with Crippen LogP contribution in [0, 0.1) is 11.6 Å². The Labute approximate surface area is 180 Å².